The van der Waals surface area contributed by atoms with Crippen LogP contribution in [-0.2, 0) is 0 Å². The van der Waals surface area contributed by atoms with Crippen molar-refractivity contribution in [2.45, 2.75) is 45.6 Å². The van der Waals surface area contributed by atoms with Gasteiger partial charge in [0, 0.05) is 31.4 Å². The summed E-state index contributed by atoms with van der Waals surface area (Å²) in [6, 6.07) is 5.13. The van der Waals surface area contributed by atoms with E-state index >= 15 is 0 Å². The number of allylic oxidation sites excluding steroid dienone is 1. The fraction of sp³-hybridized carbons (Fsp3) is 0.474. The predicted octanol–water partition coefficient (Wildman–Crippen LogP) is 3.71. The van der Waals surface area contributed by atoms with Crippen LogP contribution in [0.15, 0.2) is 29.8 Å². The number of carbonyl (C=O) groups is 2. The van der Waals surface area contributed by atoms with Crippen molar-refractivity contribution in [2.75, 3.05) is 19.4 Å². The lowest BCUT2D eigenvalue weighted by Crippen LogP contribution is -2.37. The third-order valence-corrected chi connectivity index (χ3v) is 4.36. The summed E-state index contributed by atoms with van der Waals surface area (Å²) in [5.74, 6) is -0.0491. The van der Waals surface area contributed by atoms with E-state index in [0.717, 1.165) is 18.4 Å². The van der Waals surface area contributed by atoms with Crippen molar-refractivity contribution in [3.05, 3.63) is 41.0 Å². The van der Waals surface area contributed by atoms with Gasteiger partial charge in [0.2, 0.25) is 0 Å². The van der Waals surface area contributed by atoms with E-state index < -0.39 is 0 Å². The Balaban J connectivity index is 1.98. The number of hydrogen-bond acceptors (Lipinski definition) is 2. The lowest BCUT2D eigenvalue weighted by Gasteiger charge is -2.21. The minimum absolute atomic E-state index is 0.0419. The normalized spacial score (nSPS) is 15.2. The van der Waals surface area contributed by atoms with Gasteiger partial charge in [-0.25, -0.2) is 4.79 Å². The molecule has 0 fully saturated rings. The van der Waals surface area contributed by atoms with E-state index in [-0.39, 0.29) is 18.0 Å². The van der Waals surface area contributed by atoms with E-state index in [1.807, 2.05) is 13.8 Å². The Labute approximate surface area is 144 Å². The van der Waals surface area contributed by atoms with Gasteiger partial charge >= 0.3 is 6.03 Å². The van der Waals surface area contributed by atoms with Crippen molar-refractivity contribution in [3.8, 4) is 0 Å². The van der Waals surface area contributed by atoms with Gasteiger partial charge < -0.3 is 15.5 Å². The number of amides is 3. The van der Waals surface area contributed by atoms with E-state index in [4.69, 9.17) is 0 Å². The highest BCUT2D eigenvalue weighted by Gasteiger charge is 2.15. The first-order chi connectivity index (χ1) is 11.4. The van der Waals surface area contributed by atoms with Crippen LogP contribution in [0.5, 0.6) is 0 Å². The lowest BCUT2D eigenvalue weighted by atomic mass is 9.95. The van der Waals surface area contributed by atoms with Crippen molar-refractivity contribution in [1.29, 1.82) is 0 Å². The summed E-state index contributed by atoms with van der Waals surface area (Å²) in [4.78, 5) is 25.7. The maximum Gasteiger partial charge on any atom is 0.319 e. The molecule has 24 heavy (non-hydrogen) atoms. The van der Waals surface area contributed by atoms with E-state index in [0.29, 0.717) is 11.3 Å². The summed E-state index contributed by atoms with van der Waals surface area (Å²) < 4.78 is 0. The molecule has 1 aromatic rings. The Morgan fingerprint density at radius 1 is 1.21 bits per heavy atom. The highest BCUT2D eigenvalue weighted by molar-refractivity contribution is 5.96. The maximum atomic E-state index is 12.2. The van der Waals surface area contributed by atoms with Gasteiger partial charge in [0.15, 0.2) is 0 Å². The molecule has 0 bridgehead atoms. The number of rotatable bonds is 4. The zero-order valence-electron chi connectivity index (χ0n) is 15.0. The fourth-order valence-electron chi connectivity index (χ4n) is 2.90. The molecule has 1 atom stereocenters. The van der Waals surface area contributed by atoms with Crippen LogP contribution in [0.25, 0.3) is 0 Å². The van der Waals surface area contributed by atoms with Crippen LogP contribution in [0.3, 0.4) is 0 Å². The van der Waals surface area contributed by atoms with Crippen molar-refractivity contribution < 1.29 is 9.59 Å². The Hall–Kier alpha value is -2.30. The van der Waals surface area contributed by atoms with Crippen LogP contribution in [0, 0.1) is 6.92 Å². The van der Waals surface area contributed by atoms with Gasteiger partial charge in [-0.3, -0.25) is 4.79 Å². The molecule has 0 aromatic heterocycles. The van der Waals surface area contributed by atoms with Gasteiger partial charge in [0.05, 0.1) is 0 Å². The van der Waals surface area contributed by atoms with Crippen molar-refractivity contribution >= 4 is 17.6 Å². The zero-order valence-corrected chi connectivity index (χ0v) is 15.0. The monoisotopic (exact) mass is 329 g/mol. The number of hydrogen-bond donors (Lipinski definition) is 2. The molecule has 2 rings (SSSR count). The number of benzene rings is 1. The second-order valence-corrected chi connectivity index (χ2v) is 6.57. The molecule has 1 unspecified atom stereocenters. The number of nitrogens with zero attached hydrogens (tertiary/aromatic N) is 1. The molecule has 1 aromatic carbocycles. The van der Waals surface area contributed by atoms with Gasteiger partial charge in [0.25, 0.3) is 5.91 Å². The molecule has 0 aliphatic heterocycles. The number of carbonyl (C=O) groups excluding carboxylic acids is 2. The molecule has 0 radical (unpaired) electrons. The molecule has 1 aliphatic rings. The second-order valence-electron chi connectivity index (χ2n) is 6.57. The third kappa shape index (κ3) is 4.60. The van der Waals surface area contributed by atoms with E-state index in [2.05, 4.69) is 16.7 Å². The zero-order chi connectivity index (χ0) is 17.7. The standard InChI is InChI=1S/C19H27N3O2/c1-13-12-16(18(23)22(3)4)10-11-17(13)21-19(24)20-14(2)15-8-6-5-7-9-15/h8,10-12,14H,5-7,9H2,1-4H3,(H2,20,21,24). The van der Waals surface area contributed by atoms with E-state index in [1.165, 1.54) is 23.3 Å². The molecule has 2 N–H and O–H groups in total. The Bertz CT molecular complexity index is 650. The highest BCUT2D eigenvalue weighted by Crippen LogP contribution is 2.21. The molecule has 5 nitrogen and oxygen atoms in total. The average molecular weight is 329 g/mol. The molecule has 3 amide bonds. The van der Waals surface area contributed by atoms with Crippen LogP contribution in [0.1, 0.15) is 48.5 Å². The number of urea groups is 1. The first-order valence-electron chi connectivity index (χ1n) is 8.47. The van der Waals surface area contributed by atoms with Gasteiger partial charge in [-0.15, -0.1) is 0 Å². The van der Waals surface area contributed by atoms with Crippen LogP contribution in [-0.4, -0.2) is 37.0 Å². The number of aryl methyl sites for hydroxylation is 1. The fourth-order valence-corrected chi connectivity index (χ4v) is 2.90. The number of nitrogens with one attached hydrogen (secondary N) is 2. The lowest BCUT2D eigenvalue weighted by molar-refractivity contribution is 0.0827. The Morgan fingerprint density at radius 3 is 2.54 bits per heavy atom. The summed E-state index contributed by atoms with van der Waals surface area (Å²) in [5.41, 5.74) is 3.50. The Morgan fingerprint density at radius 2 is 1.96 bits per heavy atom. The average Bonchev–Trinajstić information content (AvgIpc) is 2.56. The third-order valence-electron chi connectivity index (χ3n) is 4.36. The molecular formula is C19H27N3O2. The minimum Gasteiger partial charge on any atom is -0.345 e. The second kappa shape index (κ2) is 7.99. The van der Waals surface area contributed by atoms with Crippen molar-refractivity contribution in [3.63, 3.8) is 0 Å². The number of anilines is 1. The topological polar surface area (TPSA) is 61.4 Å². The molecule has 0 heterocycles. The Kier molecular flexibility index (Phi) is 6.01. The van der Waals surface area contributed by atoms with Crippen molar-refractivity contribution in [2.24, 2.45) is 0 Å². The van der Waals surface area contributed by atoms with Crippen molar-refractivity contribution in [1.82, 2.24) is 10.2 Å². The molecule has 0 spiro atoms. The molecular weight excluding hydrogens is 302 g/mol. The summed E-state index contributed by atoms with van der Waals surface area (Å²) in [7, 11) is 3.44. The van der Waals surface area contributed by atoms with Gasteiger partial charge in [-0.2, -0.15) is 0 Å². The maximum absolute atomic E-state index is 12.2. The van der Waals surface area contributed by atoms with Crippen LogP contribution in [0.4, 0.5) is 10.5 Å². The van der Waals surface area contributed by atoms with Crippen LogP contribution < -0.4 is 10.6 Å². The predicted molar refractivity (Wildman–Crippen MR) is 97.4 cm³/mol. The summed E-state index contributed by atoms with van der Waals surface area (Å²) in [6.45, 7) is 3.90. The highest BCUT2D eigenvalue weighted by atomic mass is 16.2. The largest absolute Gasteiger partial charge is 0.345 e. The van der Waals surface area contributed by atoms with Gasteiger partial charge in [-0.1, -0.05) is 11.6 Å². The minimum atomic E-state index is -0.219. The van der Waals surface area contributed by atoms with Crippen LogP contribution in [0.2, 0.25) is 0 Å². The molecule has 0 saturated heterocycles. The van der Waals surface area contributed by atoms with Crippen LogP contribution >= 0.6 is 0 Å². The SMILES string of the molecule is Cc1cc(C(=O)N(C)C)ccc1NC(=O)NC(C)C1=CCCCC1. The summed E-state index contributed by atoms with van der Waals surface area (Å²) >= 11 is 0. The summed E-state index contributed by atoms with van der Waals surface area (Å²) in [6.07, 6.45) is 6.83. The smallest absolute Gasteiger partial charge is 0.319 e. The molecule has 130 valence electrons. The molecule has 5 heteroatoms. The quantitative estimate of drug-likeness (QED) is 0.827. The van der Waals surface area contributed by atoms with E-state index in [9.17, 15) is 9.59 Å². The molecule has 0 saturated carbocycles. The first-order valence-corrected chi connectivity index (χ1v) is 8.47. The van der Waals surface area contributed by atoms with E-state index in [1.54, 1.807) is 32.3 Å². The van der Waals surface area contributed by atoms with Gasteiger partial charge in [0.1, 0.15) is 0 Å². The molecule has 1 aliphatic carbocycles. The summed E-state index contributed by atoms with van der Waals surface area (Å²) in [5, 5.41) is 5.86. The first kappa shape index (κ1) is 18.0. The van der Waals surface area contributed by atoms with Gasteiger partial charge in [-0.05, 0) is 63.3 Å².